The van der Waals surface area contributed by atoms with Gasteiger partial charge in [0.15, 0.2) is 0 Å². The first-order valence-corrected chi connectivity index (χ1v) is 6.67. The van der Waals surface area contributed by atoms with E-state index in [1.807, 2.05) is 54.8 Å². The summed E-state index contributed by atoms with van der Waals surface area (Å²) in [6.07, 6.45) is 4.41. The lowest BCUT2D eigenvalue weighted by Crippen LogP contribution is -2.12. The fourth-order valence-corrected chi connectivity index (χ4v) is 2.46. The average Bonchev–Trinajstić information content (AvgIpc) is 2.87. The van der Waals surface area contributed by atoms with E-state index in [2.05, 4.69) is 9.97 Å². The Morgan fingerprint density at radius 1 is 1.24 bits per heavy atom. The van der Waals surface area contributed by atoms with Crippen LogP contribution in [0.15, 0.2) is 36.8 Å². The van der Waals surface area contributed by atoms with E-state index in [9.17, 15) is 4.79 Å². The summed E-state index contributed by atoms with van der Waals surface area (Å²) in [4.78, 5) is 21.6. The Morgan fingerprint density at radius 3 is 2.76 bits per heavy atom. The van der Waals surface area contributed by atoms with E-state index >= 15 is 0 Å². The second-order valence-corrected chi connectivity index (χ2v) is 5.11. The third-order valence-electron chi connectivity index (χ3n) is 3.66. The van der Waals surface area contributed by atoms with Crippen molar-refractivity contribution in [1.29, 1.82) is 0 Å². The molecule has 3 rings (SSSR count). The fraction of sp³-hybridized carbons (Fsp3) is 0.188. The minimum atomic E-state index is 0.680. The zero-order chi connectivity index (χ0) is 15.0. The third-order valence-corrected chi connectivity index (χ3v) is 3.66. The number of carbonyl (C=O) groups is 1. The molecule has 0 spiro atoms. The molecule has 21 heavy (non-hydrogen) atoms. The van der Waals surface area contributed by atoms with Crippen molar-refractivity contribution in [3.63, 3.8) is 0 Å². The monoisotopic (exact) mass is 280 g/mol. The van der Waals surface area contributed by atoms with Gasteiger partial charge in [-0.25, -0.2) is 9.97 Å². The van der Waals surface area contributed by atoms with Crippen LogP contribution in [0.4, 0.5) is 11.5 Å². The Kier molecular flexibility index (Phi) is 3.17. The molecule has 5 heteroatoms. The van der Waals surface area contributed by atoms with Crippen LogP contribution in [0.3, 0.4) is 0 Å². The van der Waals surface area contributed by atoms with Crippen molar-refractivity contribution >= 4 is 28.8 Å². The molecule has 0 unspecified atom stereocenters. The zero-order valence-electron chi connectivity index (χ0n) is 12.2. The average molecular weight is 280 g/mol. The van der Waals surface area contributed by atoms with E-state index in [-0.39, 0.29) is 0 Å². The highest BCUT2D eigenvalue weighted by atomic mass is 16.1. The highest BCUT2D eigenvalue weighted by Crippen LogP contribution is 2.27. The molecule has 5 nitrogen and oxygen atoms in total. The largest absolute Gasteiger partial charge is 0.334 e. The summed E-state index contributed by atoms with van der Waals surface area (Å²) in [5.41, 5.74) is 4.65. The lowest BCUT2D eigenvalue weighted by atomic mass is 10.1. The molecule has 0 saturated heterocycles. The molecular formula is C16H16N4O. The Morgan fingerprint density at radius 2 is 2.05 bits per heavy atom. The number of pyridine rings is 1. The van der Waals surface area contributed by atoms with Crippen LogP contribution in [0, 0.1) is 6.92 Å². The minimum Gasteiger partial charge on any atom is -0.334 e. The second kappa shape index (κ2) is 5.01. The lowest BCUT2D eigenvalue weighted by molar-refractivity contribution is 0.112. The molecule has 0 aliphatic rings. The smallest absolute Gasteiger partial charge is 0.150 e. The van der Waals surface area contributed by atoms with Gasteiger partial charge in [0.25, 0.3) is 0 Å². The summed E-state index contributed by atoms with van der Waals surface area (Å²) < 4.78 is 1.97. The van der Waals surface area contributed by atoms with Crippen molar-refractivity contribution in [3.05, 3.63) is 47.9 Å². The van der Waals surface area contributed by atoms with Crippen molar-refractivity contribution in [2.75, 3.05) is 11.9 Å². The van der Waals surface area contributed by atoms with E-state index in [1.54, 1.807) is 12.5 Å². The molecule has 2 aromatic heterocycles. The molecule has 1 aromatic carbocycles. The summed E-state index contributed by atoms with van der Waals surface area (Å²) in [6.45, 7) is 1.99. The van der Waals surface area contributed by atoms with Crippen molar-refractivity contribution < 1.29 is 4.79 Å². The molecule has 0 N–H and O–H groups in total. The van der Waals surface area contributed by atoms with E-state index in [1.165, 1.54) is 0 Å². The van der Waals surface area contributed by atoms with E-state index < -0.39 is 0 Å². The number of benzene rings is 1. The van der Waals surface area contributed by atoms with Crippen LogP contribution >= 0.6 is 0 Å². The predicted molar refractivity (Wildman–Crippen MR) is 83.1 cm³/mol. The fourth-order valence-electron chi connectivity index (χ4n) is 2.46. The predicted octanol–water partition coefficient (Wildman–Crippen LogP) is 2.86. The van der Waals surface area contributed by atoms with Gasteiger partial charge in [-0.15, -0.1) is 0 Å². The highest BCUT2D eigenvalue weighted by Gasteiger charge is 2.11. The number of nitrogens with zero attached hydrogens (tertiary/aromatic N) is 4. The van der Waals surface area contributed by atoms with Gasteiger partial charge >= 0.3 is 0 Å². The summed E-state index contributed by atoms with van der Waals surface area (Å²) in [6, 6.07) is 7.64. The number of hydrogen-bond acceptors (Lipinski definition) is 4. The molecular weight excluding hydrogens is 264 g/mol. The first-order chi connectivity index (χ1) is 10.1. The summed E-state index contributed by atoms with van der Waals surface area (Å²) >= 11 is 0. The molecule has 0 fully saturated rings. The Bertz CT molecular complexity index is 822. The normalized spacial score (nSPS) is 10.8. The van der Waals surface area contributed by atoms with E-state index in [0.717, 1.165) is 34.4 Å². The second-order valence-electron chi connectivity index (χ2n) is 5.11. The zero-order valence-corrected chi connectivity index (χ0v) is 12.2. The molecule has 0 bridgehead atoms. The maximum Gasteiger partial charge on any atom is 0.150 e. The number of fused-ring (bicyclic) bond motifs is 1. The maximum atomic E-state index is 10.8. The summed E-state index contributed by atoms with van der Waals surface area (Å²) in [5.74, 6) is 0.841. The van der Waals surface area contributed by atoms with Crippen LogP contribution in [-0.2, 0) is 7.05 Å². The molecule has 2 heterocycles. The Hall–Kier alpha value is -2.69. The summed E-state index contributed by atoms with van der Waals surface area (Å²) in [5, 5.41) is 0. The van der Waals surface area contributed by atoms with Gasteiger partial charge in [0, 0.05) is 31.4 Å². The number of carbonyl (C=O) groups excluding carboxylic acids is 1. The summed E-state index contributed by atoms with van der Waals surface area (Å²) in [7, 11) is 3.93. The quantitative estimate of drug-likeness (QED) is 0.692. The van der Waals surface area contributed by atoms with Crippen LogP contribution in [0.5, 0.6) is 0 Å². The third kappa shape index (κ3) is 2.27. The van der Waals surface area contributed by atoms with Crippen molar-refractivity contribution in [1.82, 2.24) is 14.5 Å². The van der Waals surface area contributed by atoms with Gasteiger partial charge in [-0.05, 0) is 30.7 Å². The number of hydrogen-bond donors (Lipinski definition) is 0. The molecule has 0 aliphatic heterocycles. The molecule has 0 atom stereocenters. The molecule has 0 radical (unpaired) electrons. The minimum absolute atomic E-state index is 0.680. The van der Waals surface area contributed by atoms with Crippen molar-refractivity contribution in [2.45, 2.75) is 6.92 Å². The van der Waals surface area contributed by atoms with Gasteiger partial charge in [-0.1, -0.05) is 0 Å². The van der Waals surface area contributed by atoms with Gasteiger partial charge in [0.1, 0.15) is 17.6 Å². The Labute approximate surface area is 122 Å². The van der Waals surface area contributed by atoms with Crippen LogP contribution < -0.4 is 4.90 Å². The first-order valence-electron chi connectivity index (χ1n) is 6.67. The number of aryl methyl sites for hydroxylation is 2. The first kappa shape index (κ1) is 13.3. The van der Waals surface area contributed by atoms with Crippen LogP contribution in [0.25, 0.3) is 11.0 Å². The topological polar surface area (TPSA) is 51.0 Å². The van der Waals surface area contributed by atoms with E-state index in [0.29, 0.717) is 5.56 Å². The van der Waals surface area contributed by atoms with Crippen LogP contribution in [0.1, 0.15) is 15.9 Å². The molecule has 3 aromatic rings. The van der Waals surface area contributed by atoms with Gasteiger partial charge in [0.05, 0.1) is 18.0 Å². The highest BCUT2D eigenvalue weighted by molar-refractivity contribution is 5.80. The number of rotatable bonds is 3. The van der Waals surface area contributed by atoms with Gasteiger partial charge in [0.2, 0.25) is 0 Å². The van der Waals surface area contributed by atoms with Gasteiger partial charge in [-0.2, -0.15) is 0 Å². The standard InChI is InChI=1S/C16H16N4O/c1-11-6-12(9-21)4-5-14(11)20(3)16-7-15-13(8-17-16)18-10-19(15)2/h4-10H,1-3H3. The number of imidazole rings is 1. The Balaban J connectivity index is 2.05. The molecule has 0 saturated carbocycles. The number of aldehydes is 1. The van der Waals surface area contributed by atoms with Crippen LogP contribution in [0.2, 0.25) is 0 Å². The van der Waals surface area contributed by atoms with Gasteiger partial charge < -0.3 is 9.47 Å². The molecule has 0 aliphatic carbocycles. The van der Waals surface area contributed by atoms with Crippen molar-refractivity contribution in [3.8, 4) is 0 Å². The van der Waals surface area contributed by atoms with Gasteiger partial charge in [-0.3, -0.25) is 4.79 Å². The maximum absolute atomic E-state index is 10.8. The van der Waals surface area contributed by atoms with E-state index in [4.69, 9.17) is 0 Å². The SMILES string of the molecule is Cc1cc(C=O)ccc1N(C)c1cc2c(cn1)ncn2C. The van der Waals surface area contributed by atoms with Crippen molar-refractivity contribution in [2.24, 2.45) is 7.05 Å². The molecule has 0 amide bonds. The number of anilines is 2. The molecule has 106 valence electrons. The van der Waals surface area contributed by atoms with Crippen LogP contribution in [-0.4, -0.2) is 27.9 Å². The lowest BCUT2D eigenvalue weighted by Gasteiger charge is -2.20. The number of aromatic nitrogens is 3.